The SMILES string of the molecule is CCn1c(SCc2cccc(C)c2)nnc1-c1ccc(Cl)cc1Cl. The molecular formula is C18H17Cl2N3S. The molecule has 0 fully saturated rings. The van der Waals surface area contributed by atoms with Crippen LogP contribution in [0.2, 0.25) is 10.0 Å². The minimum Gasteiger partial charge on any atom is -0.302 e. The molecule has 0 aliphatic heterocycles. The zero-order chi connectivity index (χ0) is 17.1. The molecule has 0 N–H and O–H groups in total. The molecule has 0 atom stereocenters. The molecule has 0 amide bonds. The summed E-state index contributed by atoms with van der Waals surface area (Å²) in [6.07, 6.45) is 0. The normalized spacial score (nSPS) is 11.0. The van der Waals surface area contributed by atoms with Crippen molar-refractivity contribution in [1.82, 2.24) is 14.8 Å². The molecular weight excluding hydrogens is 361 g/mol. The van der Waals surface area contributed by atoms with Gasteiger partial charge in [0.15, 0.2) is 11.0 Å². The first-order chi connectivity index (χ1) is 11.6. The van der Waals surface area contributed by atoms with Crippen LogP contribution in [-0.2, 0) is 12.3 Å². The van der Waals surface area contributed by atoms with Crippen LogP contribution in [0.5, 0.6) is 0 Å². The van der Waals surface area contributed by atoms with E-state index in [0.29, 0.717) is 10.0 Å². The van der Waals surface area contributed by atoms with Gasteiger partial charge in [-0.15, -0.1) is 10.2 Å². The van der Waals surface area contributed by atoms with Crippen LogP contribution in [0.3, 0.4) is 0 Å². The lowest BCUT2D eigenvalue weighted by Gasteiger charge is -2.09. The van der Waals surface area contributed by atoms with Crippen LogP contribution in [0.15, 0.2) is 47.6 Å². The Morgan fingerprint density at radius 1 is 1.08 bits per heavy atom. The minimum absolute atomic E-state index is 0.583. The van der Waals surface area contributed by atoms with E-state index in [1.165, 1.54) is 11.1 Å². The molecule has 1 heterocycles. The van der Waals surface area contributed by atoms with Gasteiger partial charge in [0, 0.05) is 22.9 Å². The third-order valence-electron chi connectivity index (χ3n) is 3.66. The quantitative estimate of drug-likeness (QED) is 0.520. The maximum Gasteiger partial charge on any atom is 0.191 e. The van der Waals surface area contributed by atoms with Gasteiger partial charge in [0.1, 0.15) is 0 Å². The van der Waals surface area contributed by atoms with Crippen molar-refractivity contribution in [3.63, 3.8) is 0 Å². The fraction of sp³-hybridized carbons (Fsp3) is 0.222. The Morgan fingerprint density at radius 3 is 2.62 bits per heavy atom. The molecule has 0 aliphatic rings. The van der Waals surface area contributed by atoms with Crippen LogP contribution in [0.25, 0.3) is 11.4 Å². The van der Waals surface area contributed by atoms with Crippen LogP contribution in [0.1, 0.15) is 18.1 Å². The Hall–Kier alpha value is -1.49. The second-order valence-corrected chi connectivity index (χ2v) is 7.24. The van der Waals surface area contributed by atoms with E-state index in [-0.39, 0.29) is 0 Å². The first-order valence-corrected chi connectivity index (χ1v) is 9.39. The Balaban J connectivity index is 1.87. The molecule has 3 aromatic rings. The van der Waals surface area contributed by atoms with Gasteiger partial charge in [-0.2, -0.15) is 0 Å². The predicted octanol–water partition coefficient (Wildman–Crippen LogP) is 5.87. The van der Waals surface area contributed by atoms with E-state index in [1.807, 2.05) is 12.1 Å². The minimum atomic E-state index is 0.583. The number of hydrogen-bond acceptors (Lipinski definition) is 3. The first kappa shape index (κ1) is 17.3. The third kappa shape index (κ3) is 3.77. The topological polar surface area (TPSA) is 30.7 Å². The van der Waals surface area contributed by atoms with E-state index in [0.717, 1.165) is 28.8 Å². The molecule has 24 heavy (non-hydrogen) atoms. The Labute approximate surface area is 156 Å². The lowest BCUT2D eigenvalue weighted by molar-refractivity contribution is 0.687. The average Bonchev–Trinajstić information content (AvgIpc) is 2.95. The monoisotopic (exact) mass is 377 g/mol. The fourth-order valence-electron chi connectivity index (χ4n) is 2.50. The van der Waals surface area contributed by atoms with Crippen molar-refractivity contribution >= 4 is 35.0 Å². The lowest BCUT2D eigenvalue weighted by atomic mass is 10.2. The van der Waals surface area contributed by atoms with Crippen LogP contribution < -0.4 is 0 Å². The number of aromatic nitrogens is 3. The summed E-state index contributed by atoms with van der Waals surface area (Å²) >= 11 is 14.0. The summed E-state index contributed by atoms with van der Waals surface area (Å²) < 4.78 is 2.08. The Morgan fingerprint density at radius 2 is 1.92 bits per heavy atom. The summed E-state index contributed by atoms with van der Waals surface area (Å²) in [7, 11) is 0. The molecule has 6 heteroatoms. The maximum absolute atomic E-state index is 6.32. The van der Waals surface area contributed by atoms with Gasteiger partial charge < -0.3 is 4.57 Å². The van der Waals surface area contributed by atoms with Gasteiger partial charge in [0.25, 0.3) is 0 Å². The van der Waals surface area contributed by atoms with Crippen LogP contribution >= 0.6 is 35.0 Å². The van der Waals surface area contributed by atoms with Crippen molar-refractivity contribution in [3.8, 4) is 11.4 Å². The van der Waals surface area contributed by atoms with Crippen molar-refractivity contribution < 1.29 is 0 Å². The molecule has 1 aromatic heterocycles. The highest BCUT2D eigenvalue weighted by atomic mass is 35.5. The van der Waals surface area contributed by atoms with Gasteiger partial charge in [-0.3, -0.25) is 0 Å². The maximum atomic E-state index is 6.32. The van der Waals surface area contributed by atoms with Crippen molar-refractivity contribution in [2.24, 2.45) is 0 Å². The van der Waals surface area contributed by atoms with Gasteiger partial charge in [0.05, 0.1) is 5.02 Å². The van der Waals surface area contributed by atoms with Gasteiger partial charge in [-0.05, 0) is 37.6 Å². The summed E-state index contributed by atoms with van der Waals surface area (Å²) in [5, 5.41) is 10.8. The first-order valence-electron chi connectivity index (χ1n) is 7.65. The van der Waals surface area contributed by atoms with Gasteiger partial charge in [-0.1, -0.05) is 64.8 Å². The van der Waals surface area contributed by atoms with E-state index in [4.69, 9.17) is 23.2 Å². The van der Waals surface area contributed by atoms with Crippen molar-refractivity contribution in [3.05, 3.63) is 63.6 Å². The van der Waals surface area contributed by atoms with E-state index in [9.17, 15) is 0 Å². The zero-order valence-corrected chi connectivity index (χ0v) is 15.8. The van der Waals surface area contributed by atoms with E-state index >= 15 is 0 Å². The summed E-state index contributed by atoms with van der Waals surface area (Å²) in [5.41, 5.74) is 3.38. The number of aryl methyl sites for hydroxylation is 1. The molecule has 0 aliphatic carbocycles. The van der Waals surface area contributed by atoms with Crippen LogP contribution in [-0.4, -0.2) is 14.8 Å². The predicted molar refractivity (Wildman–Crippen MR) is 102 cm³/mol. The zero-order valence-electron chi connectivity index (χ0n) is 13.5. The third-order valence-corrected chi connectivity index (χ3v) is 5.24. The second-order valence-electron chi connectivity index (χ2n) is 5.45. The number of rotatable bonds is 5. The number of hydrogen-bond donors (Lipinski definition) is 0. The number of nitrogens with zero attached hydrogens (tertiary/aromatic N) is 3. The molecule has 0 unspecified atom stereocenters. The molecule has 3 rings (SSSR count). The Kier molecular flexibility index (Phi) is 5.49. The molecule has 3 nitrogen and oxygen atoms in total. The second kappa shape index (κ2) is 7.60. The fourth-order valence-corrected chi connectivity index (χ4v) is 3.94. The van der Waals surface area contributed by atoms with Gasteiger partial charge >= 0.3 is 0 Å². The summed E-state index contributed by atoms with van der Waals surface area (Å²) in [6.45, 7) is 4.95. The average molecular weight is 378 g/mol. The van der Waals surface area contributed by atoms with E-state index in [1.54, 1.807) is 17.8 Å². The lowest BCUT2D eigenvalue weighted by Crippen LogP contribution is -2.00. The number of benzene rings is 2. The highest BCUT2D eigenvalue weighted by Gasteiger charge is 2.15. The smallest absolute Gasteiger partial charge is 0.191 e. The van der Waals surface area contributed by atoms with Crippen molar-refractivity contribution in [1.29, 1.82) is 0 Å². The molecule has 0 radical (unpaired) electrons. The van der Waals surface area contributed by atoms with Crippen molar-refractivity contribution in [2.45, 2.75) is 31.3 Å². The standard InChI is InChI=1S/C18H17Cl2N3S/c1-3-23-17(15-8-7-14(19)10-16(15)20)21-22-18(23)24-11-13-6-4-5-12(2)9-13/h4-10H,3,11H2,1-2H3. The summed E-state index contributed by atoms with van der Waals surface area (Å²) in [4.78, 5) is 0. The number of thioether (sulfide) groups is 1. The van der Waals surface area contributed by atoms with Crippen molar-refractivity contribution in [2.75, 3.05) is 0 Å². The van der Waals surface area contributed by atoms with E-state index < -0.39 is 0 Å². The molecule has 0 saturated carbocycles. The Bertz CT molecular complexity index is 861. The molecule has 124 valence electrons. The molecule has 2 aromatic carbocycles. The van der Waals surface area contributed by atoms with Crippen LogP contribution in [0.4, 0.5) is 0 Å². The molecule has 0 bridgehead atoms. The highest BCUT2D eigenvalue weighted by Crippen LogP contribution is 2.32. The van der Waals surface area contributed by atoms with Gasteiger partial charge in [-0.25, -0.2) is 0 Å². The summed E-state index contributed by atoms with van der Waals surface area (Å²) in [5.74, 6) is 1.62. The molecule has 0 spiro atoms. The largest absolute Gasteiger partial charge is 0.302 e. The summed E-state index contributed by atoms with van der Waals surface area (Å²) in [6, 6.07) is 13.9. The van der Waals surface area contributed by atoms with E-state index in [2.05, 4.69) is 52.9 Å². The van der Waals surface area contributed by atoms with Gasteiger partial charge in [0.2, 0.25) is 0 Å². The molecule has 0 saturated heterocycles. The number of halogens is 2. The van der Waals surface area contributed by atoms with Crippen LogP contribution in [0, 0.1) is 6.92 Å². The highest BCUT2D eigenvalue weighted by molar-refractivity contribution is 7.98.